The van der Waals surface area contributed by atoms with Gasteiger partial charge in [-0.2, -0.15) is 0 Å². The van der Waals surface area contributed by atoms with E-state index in [1.165, 1.54) is 24.3 Å². The lowest BCUT2D eigenvalue weighted by molar-refractivity contribution is -0.138. The lowest BCUT2D eigenvalue weighted by atomic mass is 10.1. The molecule has 1 aromatic carbocycles. The number of benzene rings is 1. The van der Waals surface area contributed by atoms with Crippen molar-refractivity contribution in [3.63, 3.8) is 0 Å². The average Bonchev–Trinajstić information content (AvgIpc) is 2.30. The molecule has 0 aliphatic rings. The molecule has 19 heavy (non-hydrogen) atoms. The molecule has 0 saturated carbocycles. The fraction of sp³-hybridized carbons (Fsp3) is 0.273. The highest BCUT2D eigenvalue weighted by atomic mass is 32.2. The van der Waals surface area contributed by atoms with E-state index < -0.39 is 27.7 Å². The van der Waals surface area contributed by atoms with Crippen LogP contribution in [0.15, 0.2) is 24.3 Å². The molecule has 0 fully saturated rings. The van der Waals surface area contributed by atoms with Gasteiger partial charge in [-0.3, -0.25) is 14.3 Å². The predicted octanol–water partition coefficient (Wildman–Crippen LogP) is 0.228. The number of sulfonamides is 1. The minimum atomic E-state index is -3.82. The van der Waals surface area contributed by atoms with Gasteiger partial charge >= 0.3 is 11.9 Å². The van der Waals surface area contributed by atoms with Gasteiger partial charge in [0.15, 0.2) is 5.75 Å². The Morgan fingerprint density at radius 2 is 1.84 bits per heavy atom. The fourth-order valence-corrected chi connectivity index (χ4v) is 2.29. The monoisotopic (exact) mass is 287 g/mol. The maximum Gasteiger partial charge on any atom is 0.322 e. The van der Waals surface area contributed by atoms with E-state index in [0.29, 0.717) is 5.56 Å². The van der Waals surface area contributed by atoms with Crippen LogP contribution >= 0.6 is 0 Å². The minimum absolute atomic E-state index is 0.144. The Labute approximate surface area is 110 Å². The summed E-state index contributed by atoms with van der Waals surface area (Å²) in [4.78, 5) is 21.4. The largest absolute Gasteiger partial charge is 0.481 e. The van der Waals surface area contributed by atoms with E-state index >= 15 is 0 Å². The van der Waals surface area contributed by atoms with Gasteiger partial charge in [-0.15, -0.1) is 0 Å². The Hall–Kier alpha value is -2.09. The lowest BCUT2D eigenvalue weighted by Crippen LogP contribution is -2.23. The second kappa shape index (κ2) is 6.19. The first-order valence-electron chi connectivity index (χ1n) is 5.20. The summed E-state index contributed by atoms with van der Waals surface area (Å²) < 4.78 is 29.5. The van der Waals surface area contributed by atoms with Crippen molar-refractivity contribution in [3.8, 4) is 0 Å². The van der Waals surface area contributed by atoms with Gasteiger partial charge in [0.25, 0.3) is 0 Å². The van der Waals surface area contributed by atoms with E-state index in [1.54, 1.807) is 0 Å². The van der Waals surface area contributed by atoms with Crippen LogP contribution in [0.2, 0.25) is 0 Å². The molecule has 8 heteroatoms. The van der Waals surface area contributed by atoms with Crippen LogP contribution in [0.5, 0.6) is 0 Å². The van der Waals surface area contributed by atoms with E-state index in [0.717, 1.165) is 7.11 Å². The Morgan fingerprint density at radius 1 is 1.26 bits per heavy atom. The predicted molar refractivity (Wildman–Crippen MR) is 67.2 cm³/mol. The normalized spacial score (nSPS) is 10.8. The third-order valence-electron chi connectivity index (χ3n) is 2.12. The highest BCUT2D eigenvalue weighted by Crippen LogP contribution is 2.12. The van der Waals surface area contributed by atoms with Crippen LogP contribution in [-0.2, 0) is 30.8 Å². The van der Waals surface area contributed by atoms with Crippen molar-refractivity contribution in [2.75, 3.05) is 17.6 Å². The molecule has 2 N–H and O–H groups in total. The molecule has 0 atom stereocenters. The number of ether oxygens (including phenoxy) is 1. The van der Waals surface area contributed by atoms with E-state index in [-0.39, 0.29) is 12.1 Å². The highest BCUT2D eigenvalue weighted by Gasteiger charge is 2.16. The van der Waals surface area contributed by atoms with Gasteiger partial charge in [0.2, 0.25) is 10.0 Å². The van der Waals surface area contributed by atoms with Crippen molar-refractivity contribution < 1.29 is 27.9 Å². The number of carboxylic acid groups (broad SMARTS) is 1. The maximum absolute atomic E-state index is 11.5. The summed E-state index contributed by atoms with van der Waals surface area (Å²) in [6.07, 6.45) is -0.144. The molecule has 104 valence electrons. The highest BCUT2D eigenvalue weighted by molar-refractivity contribution is 7.93. The van der Waals surface area contributed by atoms with Crippen LogP contribution in [0.4, 0.5) is 5.69 Å². The molecule has 0 spiro atoms. The van der Waals surface area contributed by atoms with Gasteiger partial charge in [0.05, 0.1) is 13.5 Å². The van der Waals surface area contributed by atoms with Crippen molar-refractivity contribution in [3.05, 3.63) is 29.8 Å². The number of rotatable bonds is 6. The minimum Gasteiger partial charge on any atom is -0.481 e. The zero-order valence-corrected chi connectivity index (χ0v) is 10.9. The van der Waals surface area contributed by atoms with Crippen molar-refractivity contribution >= 4 is 27.6 Å². The van der Waals surface area contributed by atoms with Crippen molar-refractivity contribution in [1.82, 2.24) is 0 Å². The smallest absolute Gasteiger partial charge is 0.322 e. The first kappa shape index (κ1) is 15.0. The SMILES string of the molecule is COC(=O)CS(=O)(=O)Nc1ccc(CC(=O)O)cc1. The summed E-state index contributed by atoms with van der Waals surface area (Å²) in [5.74, 6) is -2.62. The fourth-order valence-electron chi connectivity index (χ4n) is 1.29. The van der Waals surface area contributed by atoms with Crippen LogP contribution in [0.25, 0.3) is 0 Å². The number of aliphatic carboxylic acids is 1. The summed E-state index contributed by atoms with van der Waals surface area (Å²) in [5.41, 5.74) is 0.793. The first-order chi connectivity index (χ1) is 8.82. The Kier molecular flexibility index (Phi) is 4.87. The zero-order valence-electron chi connectivity index (χ0n) is 10.1. The molecule has 0 aliphatic carbocycles. The number of methoxy groups -OCH3 is 1. The molecule has 1 aromatic rings. The zero-order chi connectivity index (χ0) is 14.5. The summed E-state index contributed by atoms with van der Waals surface area (Å²) in [6.45, 7) is 0. The van der Waals surface area contributed by atoms with Crippen LogP contribution in [0, 0.1) is 0 Å². The molecule has 1 rings (SSSR count). The topological polar surface area (TPSA) is 110 Å². The van der Waals surface area contributed by atoms with Crippen LogP contribution < -0.4 is 4.72 Å². The second-order valence-electron chi connectivity index (χ2n) is 3.70. The molecule has 0 aliphatic heterocycles. The summed E-state index contributed by atoms with van der Waals surface area (Å²) in [6, 6.07) is 5.83. The summed E-state index contributed by atoms with van der Waals surface area (Å²) >= 11 is 0. The molecule has 0 saturated heterocycles. The quantitative estimate of drug-likeness (QED) is 0.725. The molecule has 0 amide bonds. The summed E-state index contributed by atoms with van der Waals surface area (Å²) in [7, 11) is -2.73. The van der Waals surface area contributed by atoms with Crippen LogP contribution in [0.3, 0.4) is 0 Å². The van der Waals surface area contributed by atoms with E-state index in [1.807, 2.05) is 0 Å². The molecule has 7 nitrogen and oxygen atoms in total. The van der Waals surface area contributed by atoms with Crippen LogP contribution in [0.1, 0.15) is 5.56 Å². The van der Waals surface area contributed by atoms with Crippen molar-refractivity contribution in [2.45, 2.75) is 6.42 Å². The number of hydrogen-bond donors (Lipinski definition) is 2. The van der Waals surface area contributed by atoms with E-state index in [9.17, 15) is 18.0 Å². The van der Waals surface area contributed by atoms with E-state index in [2.05, 4.69) is 9.46 Å². The molecular weight excluding hydrogens is 274 g/mol. The van der Waals surface area contributed by atoms with E-state index in [4.69, 9.17) is 5.11 Å². The molecule has 0 radical (unpaired) electrons. The molecule has 0 heterocycles. The third-order valence-corrected chi connectivity index (χ3v) is 3.28. The number of esters is 1. The maximum atomic E-state index is 11.5. The lowest BCUT2D eigenvalue weighted by Gasteiger charge is -2.07. The average molecular weight is 287 g/mol. The second-order valence-corrected chi connectivity index (χ2v) is 5.43. The van der Waals surface area contributed by atoms with Crippen molar-refractivity contribution in [2.24, 2.45) is 0 Å². The molecule has 0 bridgehead atoms. The van der Waals surface area contributed by atoms with Gasteiger partial charge in [-0.25, -0.2) is 8.42 Å². The number of carboxylic acids is 1. The van der Waals surface area contributed by atoms with Gasteiger partial charge in [0, 0.05) is 5.69 Å². The summed E-state index contributed by atoms with van der Waals surface area (Å²) in [5, 5.41) is 8.59. The van der Waals surface area contributed by atoms with Crippen molar-refractivity contribution in [1.29, 1.82) is 0 Å². The Balaban J connectivity index is 2.72. The number of carbonyl (C=O) groups is 2. The molecule has 0 aromatic heterocycles. The molecule has 0 unspecified atom stereocenters. The number of nitrogens with one attached hydrogen (secondary N) is 1. The van der Waals surface area contributed by atoms with Gasteiger partial charge in [-0.1, -0.05) is 12.1 Å². The standard InChI is InChI=1S/C11H13NO6S/c1-18-11(15)7-19(16,17)12-9-4-2-8(3-5-9)6-10(13)14/h2-5,12H,6-7H2,1H3,(H,13,14). The Bertz CT molecular complexity index is 563. The van der Waals surface area contributed by atoms with Crippen LogP contribution in [-0.4, -0.2) is 38.3 Å². The van der Waals surface area contributed by atoms with Gasteiger partial charge in [0.1, 0.15) is 0 Å². The number of hydrogen-bond acceptors (Lipinski definition) is 5. The first-order valence-corrected chi connectivity index (χ1v) is 6.85. The molecular formula is C11H13NO6S. The Morgan fingerprint density at radius 3 is 2.32 bits per heavy atom. The van der Waals surface area contributed by atoms with Gasteiger partial charge < -0.3 is 9.84 Å². The van der Waals surface area contributed by atoms with Gasteiger partial charge in [-0.05, 0) is 17.7 Å². The number of anilines is 1. The third kappa shape index (κ3) is 5.38. The number of carbonyl (C=O) groups excluding carboxylic acids is 1.